The van der Waals surface area contributed by atoms with Gasteiger partial charge in [0.25, 0.3) is 0 Å². The fraction of sp³-hybridized carbons (Fsp3) is 0.130. The van der Waals surface area contributed by atoms with E-state index in [1.165, 1.54) is 22.5 Å². The Bertz CT molecular complexity index is 1350. The molecule has 3 aromatic carbocycles. The number of anilines is 1. The average molecular weight is 428 g/mol. The number of amides is 1. The van der Waals surface area contributed by atoms with E-state index in [-0.39, 0.29) is 12.7 Å². The van der Waals surface area contributed by atoms with Crippen molar-refractivity contribution in [1.29, 1.82) is 0 Å². The maximum absolute atomic E-state index is 12.3. The average Bonchev–Trinajstić information content (AvgIpc) is 3.38. The number of benzene rings is 3. The van der Waals surface area contributed by atoms with E-state index in [1.54, 1.807) is 18.2 Å². The summed E-state index contributed by atoms with van der Waals surface area (Å²) in [5.74, 6) is 1.79. The molecule has 152 valence electrons. The summed E-state index contributed by atoms with van der Waals surface area (Å²) in [6.07, 6.45) is 0.329. The van der Waals surface area contributed by atoms with E-state index < -0.39 is 0 Å². The van der Waals surface area contributed by atoms with Crippen LogP contribution in [0.25, 0.3) is 33.3 Å². The van der Waals surface area contributed by atoms with Gasteiger partial charge in [0.05, 0.1) is 0 Å². The summed E-state index contributed by atoms with van der Waals surface area (Å²) >= 11 is 1.42. The van der Waals surface area contributed by atoms with Gasteiger partial charge in [0, 0.05) is 40.4 Å². The van der Waals surface area contributed by atoms with Crippen LogP contribution in [0.3, 0.4) is 0 Å². The van der Waals surface area contributed by atoms with E-state index in [0.717, 1.165) is 22.5 Å². The highest BCUT2D eigenvalue weighted by Crippen LogP contribution is 2.44. The predicted octanol–water partition coefficient (Wildman–Crippen LogP) is 4.52. The molecule has 2 heterocycles. The van der Waals surface area contributed by atoms with Gasteiger partial charge >= 0.3 is 0 Å². The SMILES string of the molecule is O=C(CCSc1nnc2c(n1)-c1cccc3cccc-2c13)Nc1ccc2c(c1)OCO2. The molecule has 0 unspecified atom stereocenters. The highest BCUT2D eigenvalue weighted by atomic mass is 32.2. The van der Waals surface area contributed by atoms with Crippen molar-refractivity contribution in [3.63, 3.8) is 0 Å². The second-order valence-corrected chi connectivity index (χ2v) is 8.28. The summed E-state index contributed by atoms with van der Waals surface area (Å²) in [5, 5.41) is 14.5. The van der Waals surface area contributed by atoms with Crippen LogP contribution in [0.15, 0.2) is 59.8 Å². The van der Waals surface area contributed by atoms with Gasteiger partial charge < -0.3 is 14.8 Å². The van der Waals surface area contributed by atoms with Crippen molar-refractivity contribution < 1.29 is 14.3 Å². The Morgan fingerprint density at radius 1 is 0.968 bits per heavy atom. The Morgan fingerprint density at radius 2 is 1.77 bits per heavy atom. The number of fused-ring (bicyclic) bond motifs is 4. The number of thioether (sulfide) groups is 1. The maximum atomic E-state index is 12.3. The number of nitrogens with zero attached hydrogens (tertiary/aromatic N) is 3. The molecule has 7 nitrogen and oxygen atoms in total. The topological polar surface area (TPSA) is 86.2 Å². The minimum atomic E-state index is -0.0855. The number of ether oxygens (including phenoxy) is 2. The number of rotatable bonds is 5. The van der Waals surface area contributed by atoms with E-state index in [1.807, 2.05) is 12.1 Å². The first kappa shape index (κ1) is 18.1. The quantitative estimate of drug-likeness (QED) is 0.412. The molecule has 1 amide bonds. The van der Waals surface area contributed by atoms with Crippen molar-refractivity contribution in [2.45, 2.75) is 11.6 Å². The van der Waals surface area contributed by atoms with Crippen molar-refractivity contribution in [2.24, 2.45) is 0 Å². The molecule has 8 heteroatoms. The molecule has 0 fully saturated rings. The van der Waals surface area contributed by atoms with Gasteiger partial charge in [0.2, 0.25) is 17.9 Å². The van der Waals surface area contributed by atoms with Crippen LogP contribution >= 0.6 is 11.8 Å². The third-order valence-electron chi connectivity index (χ3n) is 5.30. The van der Waals surface area contributed by atoms with Gasteiger partial charge in [-0.2, -0.15) is 0 Å². The number of carbonyl (C=O) groups is 1. The highest BCUT2D eigenvalue weighted by molar-refractivity contribution is 7.99. The molecule has 4 aromatic rings. The van der Waals surface area contributed by atoms with Gasteiger partial charge in [-0.1, -0.05) is 48.2 Å². The first-order chi connectivity index (χ1) is 15.3. The van der Waals surface area contributed by atoms with E-state index in [2.05, 4.69) is 39.8 Å². The Balaban J connectivity index is 1.13. The number of carbonyl (C=O) groups excluding carboxylic acids is 1. The van der Waals surface area contributed by atoms with Gasteiger partial charge in [-0.3, -0.25) is 4.79 Å². The summed E-state index contributed by atoms with van der Waals surface area (Å²) in [6, 6.07) is 17.7. The molecule has 0 saturated heterocycles. The lowest BCUT2D eigenvalue weighted by atomic mass is 10.0. The van der Waals surface area contributed by atoms with Gasteiger partial charge in [-0.15, -0.1) is 10.2 Å². The third kappa shape index (κ3) is 3.16. The zero-order valence-electron chi connectivity index (χ0n) is 16.3. The molecule has 0 bridgehead atoms. The smallest absolute Gasteiger partial charge is 0.231 e. The minimum Gasteiger partial charge on any atom is -0.454 e. The van der Waals surface area contributed by atoms with E-state index in [0.29, 0.717) is 34.5 Å². The lowest BCUT2D eigenvalue weighted by Crippen LogP contribution is -2.12. The van der Waals surface area contributed by atoms with Crippen LogP contribution in [0, 0.1) is 0 Å². The van der Waals surface area contributed by atoms with Crippen molar-refractivity contribution in [3.05, 3.63) is 54.6 Å². The van der Waals surface area contributed by atoms with Crippen LogP contribution in [-0.2, 0) is 4.79 Å². The predicted molar refractivity (Wildman–Crippen MR) is 118 cm³/mol. The molecular formula is C23H16N4O3S. The van der Waals surface area contributed by atoms with E-state index >= 15 is 0 Å². The summed E-state index contributed by atoms with van der Waals surface area (Å²) in [6.45, 7) is 0.206. The molecule has 1 aliphatic carbocycles. The van der Waals surface area contributed by atoms with Crippen molar-refractivity contribution >= 4 is 34.1 Å². The van der Waals surface area contributed by atoms with Crippen LogP contribution in [0.2, 0.25) is 0 Å². The van der Waals surface area contributed by atoms with Crippen molar-refractivity contribution in [1.82, 2.24) is 15.2 Å². The van der Waals surface area contributed by atoms with Gasteiger partial charge in [-0.25, -0.2) is 4.98 Å². The third-order valence-corrected chi connectivity index (χ3v) is 6.14. The fourth-order valence-electron chi connectivity index (χ4n) is 3.91. The molecule has 0 saturated carbocycles. The van der Waals surface area contributed by atoms with Gasteiger partial charge in [0.15, 0.2) is 11.5 Å². The molecule has 2 aliphatic rings. The Morgan fingerprint density at radius 3 is 2.65 bits per heavy atom. The van der Waals surface area contributed by atoms with Crippen LogP contribution in [-0.4, -0.2) is 33.6 Å². The Labute approximate surface area is 181 Å². The lowest BCUT2D eigenvalue weighted by molar-refractivity contribution is -0.115. The zero-order chi connectivity index (χ0) is 20.8. The fourth-order valence-corrected chi connectivity index (χ4v) is 4.63. The monoisotopic (exact) mass is 428 g/mol. The first-order valence-corrected chi connectivity index (χ1v) is 10.8. The molecule has 0 atom stereocenters. The second kappa shape index (κ2) is 7.24. The maximum Gasteiger partial charge on any atom is 0.231 e. The Hall–Kier alpha value is -3.65. The Kier molecular flexibility index (Phi) is 4.24. The van der Waals surface area contributed by atoms with E-state index in [9.17, 15) is 4.79 Å². The number of hydrogen-bond acceptors (Lipinski definition) is 7. The van der Waals surface area contributed by atoms with Crippen LogP contribution in [0.1, 0.15) is 6.42 Å². The van der Waals surface area contributed by atoms with Crippen LogP contribution in [0.5, 0.6) is 11.5 Å². The molecule has 1 N–H and O–H groups in total. The molecular weight excluding hydrogens is 412 g/mol. The second-order valence-electron chi connectivity index (χ2n) is 7.22. The van der Waals surface area contributed by atoms with Crippen LogP contribution in [0.4, 0.5) is 5.69 Å². The molecule has 6 rings (SSSR count). The first-order valence-electron chi connectivity index (χ1n) is 9.86. The van der Waals surface area contributed by atoms with Crippen molar-refractivity contribution in [3.8, 4) is 34.0 Å². The summed E-state index contributed by atoms with van der Waals surface area (Å²) in [7, 11) is 0. The standard InChI is InChI=1S/C23H16N4O3S/c28-19(24-14-7-8-17-18(11-14)30-12-29-17)9-10-31-23-25-21-15-5-1-3-13-4-2-6-16(20(13)15)22(21)26-27-23/h1-8,11H,9-10,12H2,(H,24,28). The summed E-state index contributed by atoms with van der Waals surface area (Å²) < 4.78 is 10.6. The molecule has 0 spiro atoms. The molecule has 0 radical (unpaired) electrons. The molecule has 1 aromatic heterocycles. The number of aromatic nitrogens is 3. The zero-order valence-corrected chi connectivity index (χ0v) is 17.1. The lowest BCUT2D eigenvalue weighted by Gasteiger charge is -2.06. The normalized spacial score (nSPS) is 12.8. The minimum absolute atomic E-state index is 0.0855. The summed E-state index contributed by atoms with van der Waals surface area (Å²) in [5.41, 5.74) is 4.51. The van der Waals surface area contributed by atoms with Crippen molar-refractivity contribution in [2.75, 3.05) is 17.9 Å². The van der Waals surface area contributed by atoms with E-state index in [4.69, 9.17) is 14.5 Å². The van der Waals surface area contributed by atoms with Gasteiger partial charge in [-0.05, 0) is 17.5 Å². The molecule has 31 heavy (non-hydrogen) atoms. The number of hydrogen-bond donors (Lipinski definition) is 1. The summed E-state index contributed by atoms with van der Waals surface area (Å²) in [4.78, 5) is 17.1. The highest BCUT2D eigenvalue weighted by Gasteiger charge is 2.24. The largest absolute Gasteiger partial charge is 0.454 e. The number of nitrogens with one attached hydrogen (secondary N) is 1. The van der Waals surface area contributed by atoms with Crippen LogP contribution < -0.4 is 14.8 Å². The molecule has 1 aliphatic heterocycles. The van der Waals surface area contributed by atoms with Gasteiger partial charge in [0.1, 0.15) is 11.4 Å².